The molecule has 150 valence electrons. The van der Waals surface area contributed by atoms with Crippen LogP contribution in [0.4, 0.5) is 0 Å². The number of halogens is 1. The van der Waals surface area contributed by atoms with Crippen molar-refractivity contribution in [3.63, 3.8) is 0 Å². The first-order valence-electron chi connectivity index (χ1n) is 8.70. The average molecular weight is 425 g/mol. The van der Waals surface area contributed by atoms with Gasteiger partial charge in [-0.1, -0.05) is 11.6 Å². The lowest BCUT2D eigenvalue weighted by Gasteiger charge is -2.34. The number of ether oxygens (including phenoxy) is 2. The van der Waals surface area contributed by atoms with E-state index in [4.69, 9.17) is 21.1 Å². The van der Waals surface area contributed by atoms with Crippen molar-refractivity contribution in [2.45, 2.75) is 4.90 Å². The lowest BCUT2D eigenvalue weighted by Crippen LogP contribution is -2.51. The number of rotatable bonds is 6. The number of carbonyl (C=O) groups is 1. The van der Waals surface area contributed by atoms with Crippen LogP contribution in [0.25, 0.3) is 0 Å². The molecule has 9 heteroatoms. The van der Waals surface area contributed by atoms with Gasteiger partial charge in [0.15, 0.2) is 6.61 Å². The summed E-state index contributed by atoms with van der Waals surface area (Å²) in [4.78, 5) is 14.1. The van der Waals surface area contributed by atoms with Crippen molar-refractivity contribution >= 4 is 27.5 Å². The number of hydrogen-bond donors (Lipinski definition) is 0. The second kappa shape index (κ2) is 8.81. The SMILES string of the molecule is COc1ccc(S(=O)(=O)N2CCN(C(=O)COc3ccc(Cl)cc3)CC2)cc1. The molecule has 0 radical (unpaired) electrons. The number of methoxy groups -OCH3 is 1. The second-order valence-corrected chi connectivity index (χ2v) is 8.58. The quantitative estimate of drug-likeness (QED) is 0.711. The van der Waals surface area contributed by atoms with Gasteiger partial charge < -0.3 is 14.4 Å². The molecule has 28 heavy (non-hydrogen) atoms. The summed E-state index contributed by atoms with van der Waals surface area (Å²) >= 11 is 5.82. The Morgan fingerprint density at radius 3 is 2.11 bits per heavy atom. The Bertz CT molecular complexity index is 908. The Balaban J connectivity index is 1.54. The van der Waals surface area contributed by atoms with Crippen LogP contribution in [0.1, 0.15) is 0 Å². The molecule has 1 aliphatic heterocycles. The number of sulfonamides is 1. The molecule has 0 N–H and O–H groups in total. The van der Waals surface area contributed by atoms with Crippen LogP contribution in [0, 0.1) is 0 Å². The van der Waals surface area contributed by atoms with Crippen molar-refractivity contribution in [3.05, 3.63) is 53.6 Å². The predicted molar refractivity (Wildman–Crippen MR) is 105 cm³/mol. The third-order valence-electron chi connectivity index (χ3n) is 4.46. The largest absolute Gasteiger partial charge is 0.497 e. The lowest BCUT2D eigenvalue weighted by atomic mass is 10.3. The molecule has 1 aliphatic rings. The molecule has 1 heterocycles. The number of carbonyl (C=O) groups excluding carboxylic acids is 1. The van der Waals surface area contributed by atoms with Crippen LogP contribution >= 0.6 is 11.6 Å². The minimum atomic E-state index is -3.60. The van der Waals surface area contributed by atoms with E-state index in [2.05, 4.69) is 0 Å². The van der Waals surface area contributed by atoms with Crippen molar-refractivity contribution < 1.29 is 22.7 Å². The van der Waals surface area contributed by atoms with E-state index in [1.54, 1.807) is 41.3 Å². The van der Waals surface area contributed by atoms with Crippen molar-refractivity contribution in [3.8, 4) is 11.5 Å². The Hall–Kier alpha value is -2.29. The fraction of sp³-hybridized carbons (Fsp3) is 0.316. The molecule has 1 saturated heterocycles. The molecule has 0 saturated carbocycles. The summed E-state index contributed by atoms with van der Waals surface area (Å²) in [5.74, 6) is 0.963. The van der Waals surface area contributed by atoms with Crippen LogP contribution in [-0.4, -0.2) is 63.4 Å². The van der Waals surface area contributed by atoms with E-state index in [-0.39, 0.29) is 30.5 Å². The van der Waals surface area contributed by atoms with E-state index in [0.717, 1.165) is 0 Å². The van der Waals surface area contributed by atoms with Gasteiger partial charge in [-0.25, -0.2) is 8.42 Å². The molecule has 2 aromatic rings. The fourth-order valence-corrected chi connectivity index (χ4v) is 4.39. The number of piperazine rings is 1. The summed E-state index contributed by atoms with van der Waals surface area (Å²) in [7, 11) is -2.08. The van der Waals surface area contributed by atoms with Crippen LogP contribution in [0.3, 0.4) is 0 Å². The van der Waals surface area contributed by atoms with Gasteiger partial charge in [0.2, 0.25) is 10.0 Å². The van der Waals surface area contributed by atoms with E-state index in [9.17, 15) is 13.2 Å². The number of amides is 1. The van der Waals surface area contributed by atoms with Gasteiger partial charge >= 0.3 is 0 Å². The smallest absolute Gasteiger partial charge is 0.260 e. The van der Waals surface area contributed by atoms with Crippen molar-refractivity contribution in [2.75, 3.05) is 39.9 Å². The minimum absolute atomic E-state index is 0.104. The van der Waals surface area contributed by atoms with Gasteiger partial charge in [-0.3, -0.25) is 4.79 Å². The number of hydrogen-bond acceptors (Lipinski definition) is 5. The maximum absolute atomic E-state index is 12.7. The molecule has 0 aliphatic carbocycles. The van der Waals surface area contributed by atoms with E-state index < -0.39 is 10.0 Å². The van der Waals surface area contributed by atoms with Crippen LogP contribution in [0.2, 0.25) is 5.02 Å². The molecule has 3 rings (SSSR count). The fourth-order valence-electron chi connectivity index (χ4n) is 2.84. The average Bonchev–Trinajstić information content (AvgIpc) is 2.73. The lowest BCUT2D eigenvalue weighted by molar-refractivity contribution is -0.134. The molecule has 1 fully saturated rings. The van der Waals surface area contributed by atoms with Gasteiger partial charge in [-0.2, -0.15) is 4.31 Å². The van der Waals surface area contributed by atoms with Crippen LogP contribution in [0.15, 0.2) is 53.4 Å². The van der Waals surface area contributed by atoms with E-state index in [1.165, 1.54) is 23.5 Å². The molecule has 0 aromatic heterocycles. The highest BCUT2D eigenvalue weighted by molar-refractivity contribution is 7.89. The van der Waals surface area contributed by atoms with Gasteiger partial charge in [0.25, 0.3) is 5.91 Å². The summed E-state index contributed by atoms with van der Waals surface area (Å²) in [6.45, 7) is 1.01. The molecule has 1 amide bonds. The van der Waals surface area contributed by atoms with Gasteiger partial charge in [-0.15, -0.1) is 0 Å². The van der Waals surface area contributed by atoms with Gasteiger partial charge in [0.1, 0.15) is 11.5 Å². The first kappa shape index (κ1) is 20.4. The molecule has 0 spiro atoms. The van der Waals surface area contributed by atoms with Crippen molar-refractivity contribution in [1.82, 2.24) is 9.21 Å². The Kier molecular flexibility index (Phi) is 6.43. The van der Waals surface area contributed by atoms with E-state index in [1.807, 2.05) is 0 Å². The molecule has 0 atom stereocenters. The zero-order valence-electron chi connectivity index (χ0n) is 15.4. The minimum Gasteiger partial charge on any atom is -0.497 e. The zero-order valence-corrected chi connectivity index (χ0v) is 16.9. The third-order valence-corrected chi connectivity index (χ3v) is 6.63. The van der Waals surface area contributed by atoms with Gasteiger partial charge in [0, 0.05) is 31.2 Å². The maximum atomic E-state index is 12.7. The molecule has 0 unspecified atom stereocenters. The summed E-state index contributed by atoms with van der Waals surface area (Å²) in [5, 5.41) is 0.591. The summed E-state index contributed by atoms with van der Waals surface area (Å²) in [6.07, 6.45) is 0. The molecule has 7 nitrogen and oxygen atoms in total. The summed E-state index contributed by atoms with van der Waals surface area (Å²) < 4.78 is 37.4. The topological polar surface area (TPSA) is 76.2 Å². The highest BCUT2D eigenvalue weighted by atomic mass is 35.5. The van der Waals surface area contributed by atoms with E-state index >= 15 is 0 Å². The first-order chi connectivity index (χ1) is 13.4. The number of benzene rings is 2. The van der Waals surface area contributed by atoms with Crippen molar-refractivity contribution in [1.29, 1.82) is 0 Å². The number of nitrogens with zero attached hydrogens (tertiary/aromatic N) is 2. The highest BCUT2D eigenvalue weighted by Gasteiger charge is 2.30. The molecular weight excluding hydrogens is 404 g/mol. The van der Waals surface area contributed by atoms with Crippen LogP contribution in [0.5, 0.6) is 11.5 Å². The Morgan fingerprint density at radius 2 is 1.54 bits per heavy atom. The summed E-state index contributed by atoms with van der Waals surface area (Å²) in [5.41, 5.74) is 0. The predicted octanol–water partition coefficient (Wildman–Crippen LogP) is 2.26. The molecular formula is C19H21ClN2O5S. The third kappa shape index (κ3) is 4.76. The molecule has 0 bridgehead atoms. The van der Waals surface area contributed by atoms with Crippen LogP contribution in [-0.2, 0) is 14.8 Å². The van der Waals surface area contributed by atoms with Gasteiger partial charge in [0.05, 0.1) is 12.0 Å². The monoisotopic (exact) mass is 424 g/mol. The Labute approximate surface area is 169 Å². The Morgan fingerprint density at radius 1 is 0.964 bits per heavy atom. The standard InChI is InChI=1S/C19H21ClN2O5S/c1-26-16-6-8-18(9-7-16)28(24,25)22-12-10-21(11-13-22)19(23)14-27-17-4-2-15(20)3-5-17/h2-9H,10-14H2,1H3. The summed E-state index contributed by atoms with van der Waals surface area (Å²) in [6, 6.07) is 13.0. The van der Waals surface area contributed by atoms with Gasteiger partial charge in [-0.05, 0) is 48.5 Å². The second-order valence-electron chi connectivity index (χ2n) is 6.20. The van der Waals surface area contributed by atoms with E-state index in [0.29, 0.717) is 29.6 Å². The first-order valence-corrected chi connectivity index (χ1v) is 10.5. The maximum Gasteiger partial charge on any atom is 0.260 e. The van der Waals surface area contributed by atoms with Crippen molar-refractivity contribution in [2.24, 2.45) is 0 Å². The molecule has 2 aromatic carbocycles. The highest BCUT2D eigenvalue weighted by Crippen LogP contribution is 2.21. The zero-order chi connectivity index (χ0) is 20.1. The normalized spacial score (nSPS) is 15.3. The van der Waals surface area contributed by atoms with Crippen LogP contribution < -0.4 is 9.47 Å².